The fourth-order valence-corrected chi connectivity index (χ4v) is 2.86. The molecule has 1 N–H and O–H groups in total. The number of carbonyl (C=O) groups excluding carboxylic acids is 2. The maximum absolute atomic E-state index is 12.2. The Labute approximate surface area is 165 Å². The van der Waals surface area contributed by atoms with Gasteiger partial charge in [-0.1, -0.05) is 6.07 Å². The molecule has 0 saturated heterocycles. The van der Waals surface area contributed by atoms with Crippen molar-refractivity contribution in [3.05, 3.63) is 53.9 Å². The van der Waals surface area contributed by atoms with Crippen molar-refractivity contribution in [3.8, 4) is 11.5 Å². The zero-order valence-electron chi connectivity index (χ0n) is 16.8. The smallest absolute Gasteiger partial charge is 0.220 e. The molecule has 0 saturated carbocycles. The fourth-order valence-electron chi connectivity index (χ4n) is 2.86. The Morgan fingerprint density at radius 1 is 1.11 bits per heavy atom. The van der Waals surface area contributed by atoms with Gasteiger partial charge in [0.15, 0.2) is 17.3 Å². The van der Waals surface area contributed by atoms with Gasteiger partial charge in [0, 0.05) is 37.3 Å². The summed E-state index contributed by atoms with van der Waals surface area (Å²) in [6.45, 7) is 0.419. The number of likely N-dealkylation sites (N-methyl/N-ethyl adjacent to an activating group) is 1. The Kier molecular flexibility index (Phi) is 7.95. The lowest BCUT2D eigenvalue weighted by atomic mass is 10.0. The number of ketones is 1. The molecule has 7 heteroatoms. The molecule has 0 aliphatic rings. The van der Waals surface area contributed by atoms with E-state index in [1.807, 2.05) is 37.2 Å². The van der Waals surface area contributed by atoms with Crippen molar-refractivity contribution >= 4 is 11.7 Å². The summed E-state index contributed by atoms with van der Waals surface area (Å²) in [6.07, 6.45) is 3.42. The van der Waals surface area contributed by atoms with Crippen LogP contribution in [0.1, 0.15) is 34.8 Å². The average Bonchev–Trinajstić information content (AvgIpc) is 2.72. The summed E-state index contributed by atoms with van der Waals surface area (Å²) in [5.74, 6) is 1.04. The first kappa shape index (κ1) is 21.4. The topological polar surface area (TPSA) is 80.8 Å². The normalized spacial score (nSPS) is 11.8. The first-order chi connectivity index (χ1) is 13.5. The monoisotopic (exact) mass is 385 g/mol. The first-order valence-corrected chi connectivity index (χ1v) is 9.04. The molecule has 1 unspecified atom stereocenters. The van der Waals surface area contributed by atoms with Crippen LogP contribution < -0.4 is 14.8 Å². The number of carbonyl (C=O) groups is 2. The summed E-state index contributed by atoms with van der Waals surface area (Å²) < 4.78 is 10.6. The highest BCUT2D eigenvalue weighted by molar-refractivity contribution is 5.97. The molecule has 0 aliphatic heterocycles. The van der Waals surface area contributed by atoms with Gasteiger partial charge >= 0.3 is 0 Å². The summed E-state index contributed by atoms with van der Waals surface area (Å²) in [6, 6.07) is 9.06. The molecule has 2 aromatic rings. The molecule has 2 rings (SSSR count). The Hall–Kier alpha value is -2.93. The van der Waals surface area contributed by atoms with E-state index in [4.69, 9.17) is 9.47 Å². The van der Waals surface area contributed by atoms with Crippen LogP contribution in [0.2, 0.25) is 0 Å². The molecular formula is C21H27N3O4. The SMILES string of the molecule is COc1ccc(C(CNC(=O)CCC(=O)c2cccnc2)N(C)C)cc1OC. The largest absolute Gasteiger partial charge is 0.493 e. The van der Waals surface area contributed by atoms with Crippen molar-refractivity contribution in [2.24, 2.45) is 0 Å². The number of rotatable bonds is 10. The third-order valence-electron chi connectivity index (χ3n) is 4.47. The summed E-state index contributed by atoms with van der Waals surface area (Å²) in [4.78, 5) is 30.3. The highest BCUT2D eigenvalue weighted by Crippen LogP contribution is 2.31. The van der Waals surface area contributed by atoms with Gasteiger partial charge < -0.3 is 19.7 Å². The molecule has 1 heterocycles. The lowest BCUT2D eigenvalue weighted by molar-refractivity contribution is -0.121. The van der Waals surface area contributed by atoms with E-state index in [0.29, 0.717) is 23.6 Å². The number of ether oxygens (including phenoxy) is 2. The Morgan fingerprint density at radius 2 is 1.86 bits per heavy atom. The van der Waals surface area contributed by atoms with Crippen LogP contribution in [0.4, 0.5) is 0 Å². The number of methoxy groups -OCH3 is 2. The Bertz CT molecular complexity index is 793. The minimum absolute atomic E-state index is 0.0437. The predicted molar refractivity (Wildman–Crippen MR) is 107 cm³/mol. The number of nitrogens with zero attached hydrogens (tertiary/aromatic N) is 2. The number of hydrogen-bond donors (Lipinski definition) is 1. The quantitative estimate of drug-likeness (QED) is 0.633. The molecular weight excluding hydrogens is 358 g/mol. The second-order valence-electron chi connectivity index (χ2n) is 6.56. The third kappa shape index (κ3) is 5.79. The molecule has 0 radical (unpaired) electrons. The first-order valence-electron chi connectivity index (χ1n) is 9.04. The molecule has 1 amide bonds. The summed E-state index contributed by atoms with van der Waals surface area (Å²) in [5.41, 5.74) is 1.51. The van der Waals surface area contributed by atoms with Gasteiger partial charge in [-0.15, -0.1) is 0 Å². The molecule has 1 aromatic heterocycles. The van der Waals surface area contributed by atoms with Crippen LogP contribution in [-0.2, 0) is 4.79 Å². The maximum atomic E-state index is 12.2. The minimum Gasteiger partial charge on any atom is -0.493 e. The summed E-state index contributed by atoms with van der Waals surface area (Å²) in [7, 11) is 7.07. The molecule has 28 heavy (non-hydrogen) atoms. The van der Waals surface area contributed by atoms with Gasteiger partial charge in [0.05, 0.1) is 20.3 Å². The highest BCUT2D eigenvalue weighted by Gasteiger charge is 2.18. The number of nitrogens with one attached hydrogen (secondary N) is 1. The number of Topliss-reactive ketones (excluding diaryl/α,β-unsaturated/α-hetero) is 1. The third-order valence-corrected chi connectivity index (χ3v) is 4.47. The summed E-state index contributed by atoms with van der Waals surface area (Å²) in [5, 5.41) is 2.91. The zero-order valence-corrected chi connectivity index (χ0v) is 16.8. The van der Waals surface area contributed by atoms with Crippen LogP contribution in [-0.4, -0.2) is 56.4 Å². The van der Waals surface area contributed by atoms with E-state index >= 15 is 0 Å². The van der Waals surface area contributed by atoms with Gasteiger partial charge in [-0.05, 0) is 43.9 Å². The van der Waals surface area contributed by atoms with Gasteiger partial charge in [0.1, 0.15) is 0 Å². The van der Waals surface area contributed by atoms with Crippen LogP contribution in [0.15, 0.2) is 42.7 Å². The lowest BCUT2D eigenvalue weighted by Gasteiger charge is -2.26. The highest BCUT2D eigenvalue weighted by atomic mass is 16.5. The van der Waals surface area contributed by atoms with Crippen LogP contribution in [0.3, 0.4) is 0 Å². The molecule has 0 aliphatic carbocycles. The van der Waals surface area contributed by atoms with Crippen molar-refractivity contribution in [2.45, 2.75) is 18.9 Å². The molecule has 150 valence electrons. The van der Waals surface area contributed by atoms with E-state index in [2.05, 4.69) is 10.3 Å². The zero-order chi connectivity index (χ0) is 20.5. The average molecular weight is 385 g/mol. The van der Waals surface area contributed by atoms with E-state index < -0.39 is 0 Å². The number of aromatic nitrogens is 1. The maximum Gasteiger partial charge on any atom is 0.220 e. The number of benzene rings is 1. The Balaban J connectivity index is 1.94. The van der Waals surface area contributed by atoms with E-state index in [1.165, 1.54) is 6.20 Å². The minimum atomic E-state index is -0.162. The van der Waals surface area contributed by atoms with Gasteiger partial charge in [-0.25, -0.2) is 0 Å². The van der Waals surface area contributed by atoms with E-state index in [0.717, 1.165) is 5.56 Å². The van der Waals surface area contributed by atoms with Crippen LogP contribution in [0.25, 0.3) is 0 Å². The van der Waals surface area contributed by atoms with E-state index in [1.54, 1.807) is 32.5 Å². The fraction of sp³-hybridized carbons (Fsp3) is 0.381. The molecule has 7 nitrogen and oxygen atoms in total. The standard InChI is InChI=1S/C21H27N3O4/c1-24(2)17(15-7-9-19(27-3)20(12-15)28-4)14-23-21(26)10-8-18(25)16-6-5-11-22-13-16/h5-7,9,11-13,17H,8,10,14H2,1-4H3,(H,23,26). The predicted octanol–water partition coefficient (Wildman–Crippen LogP) is 2.48. The van der Waals surface area contributed by atoms with Gasteiger partial charge in [0.25, 0.3) is 0 Å². The van der Waals surface area contributed by atoms with Crippen molar-refractivity contribution in [1.82, 2.24) is 15.2 Å². The Morgan fingerprint density at radius 3 is 2.46 bits per heavy atom. The van der Waals surface area contributed by atoms with Gasteiger partial charge in [-0.3, -0.25) is 14.6 Å². The molecule has 0 spiro atoms. The van der Waals surface area contributed by atoms with E-state index in [9.17, 15) is 9.59 Å². The number of hydrogen-bond acceptors (Lipinski definition) is 6. The second-order valence-corrected chi connectivity index (χ2v) is 6.56. The van der Waals surface area contributed by atoms with Crippen molar-refractivity contribution < 1.29 is 19.1 Å². The summed E-state index contributed by atoms with van der Waals surface area (Å²) >= 11 is 0. The lowest BCUT2D eigenvalue weighted by Crippen LogP contribution is -2.34. The van der Waals surface area contributed by atoms with Crippen LogP contribution in [0.5, 0.6) is 11.5 Å². The van der Waals surface area contributed by atoms with Gasteiger partial charge in [0.2, 0.25) is 5.91 Å². The van der Waals surface area contributed by atoms with Crippen molar-refractivity contribution in [3.63, 3.8) is 0 Å². The van der Waals surface area contributed by atoms with Crippen molar-refractivity contribution in [2.75, 3.05) is 34.9 Å². The van der Waals surface area contributed by atoms with Gasteiger partial charge in [-0.2, -0.15) is 0 Å². The van der Waals surface area contributed by atoms with Crippen LogP contribution >= 0.6 is 0 Å². The molecule has 0 fully saturated rings. The second kappa shape index (κ2) is 10.4. The number of pyridine rings is 1. The molecule has 1 atom stereocenters. The van der Waals surface area contributed by atoms with Crippen molar-refractivity contribution in [1.29, 1.82) is 0 Å². The van der Waals surface area contributed by atoms with Crippen LogP contribution in [0, 0.1) is 0 Å². The number of amides is 1. The molecule has 1 aromatic carbocycles. The van der Waals surface area contributed by atoms with E-state index in [-0.39, 0.29) is 30.6 Å². The molecule has 0 bridgehead atoms.